The van der Waals surface area contributed by atoms with E-state index in [0.717, 1.165) is 0 Å². The molecule has 0 fully saturated rings. The highest BCUT2D eigenvalue weighted by Gasteiger charge is 2.13. The molecule has 0 aliphatic heterocycles. The lowest BCUT2D eigenvalue weighted by Gasteiger charge is -2.10. The van der Waals surface area contributed by atoms with Gasteiger partial charge in [0.25, 0.3) is 11.6 Å². The number of imide groups is 1. The summed E-state index contributed by atoms with van der Waals surface area (Å²) in [6, 6.07) is 4.01. The zero-order valence-corrected chi connectivity index (χ0v) is 12.0. The number of nitro benzene ring substituents is 1. The zero-order valence-electron chi connectivity index (χ0n) is 12.0. The maximum atomic E-state index is 11.5. The molecule has 0 aliphatic rings. The van der Waals surface area contributed by atoms with Crippen LogP contribution in [0.4, 0.5) is 10.5 Å². The van der Waals surface area contributed by atoms with Crippen molar-refractivity contribution in [3.8, 4) is 5.75 Å². The number of carbonyl (C=O) groups is 2. The van der Waals surface area contributed by atoms with E-state index in [9.17, 15) is 19.7 Å². The smallest absolute Gasteiger partial charge is 0.413 e. The first-order chi connectivity index (χ1) is 10.5. The van der Waals surface area contributed by atoms with E-state index in [-0.39, 0.29) is 12.3 Å². The van der Waals surface area contributed by atoms with Crippen molar-refractivity contribution < 1.29 is 24.0 Å². The summed E-state index contributed by atoms with van der Waals surface area (Å²) < 4.78 is 9.83. The molecule has 0 aromatic heterocycles. The predicted molar refractivity (Wildman–Crippen MR) is 77.7 cm³/mol. The Morgan fingerprint density at radius 2 is 2.18 bits per heavy atom. The molecule has 0 atom stereocenters. The summed E-state index contributed by atoms with van der Waals surface area (Å²) in [6.45, 7) is 4.90. The van der Waals surface area contributed by atoms with E-state index in [4.69, 9.17) is 4.74 Å². The fourth-order valence-corrected chi connectivity index (χ4v) is 1.60. The third-order valence-electron chi connectivity index (χ3n) is 2.49. The number of hydrogen-bond donors (Lipinski definition) is 1. The Labute approximate surface area is 126 Å². The summed E-state index contributed by atoms with van der Waals surface area (Å²) in [5.41, 5.74) is 0.438. The van der Waals surface area contributed by atoms with Crippen LogP contribution in [0.25, 0.3) is 0 Å². The highest BCUT2D eigenvalue weighted by molar-refractivity contribution is 5.92. The molecule has 2 amide bonds. The van der Waals surface area contributed by atoms with Gasteiger partial charge in [-0.3, -0.25) is 20.2 Å². The van der Waals surface area contributed by atoms with Gasteiger partial charge in [0.2, 0.25) is 0 Å². The highest BCUT2D eigenvalue weighted by atomic mass is 16.6. The average molecular weight is 308 g/mol. The maximum Gasteiger partial charge on any atom is 0.413 e. The van der Waals surface area contributed by atoms with Gasteiger partial charge in [0.15, 0.2) is 6.61 Å². The van der Waals surface area contributed by atoms with Crippen molar-refractivity contribution in [1.82, 2.24) is 5.32 Å². The molecule has 1 N–H and O–H groups in total. The first kappa shape index (κ1) is 17.2. The minimum Gasteiger partial charge on any atom is -0.483 e. The van der Waals surface area contributed by atoms with Crippen molar-refractivity contribution in [2.24, 2.45) is 0 Å². The van der Waals surface area contributed by atoms with E-state index in [2.05, 4.69) is 11.3 Å². The van der Waals surface area contributed by atoms with Gasteiger partial charge in [-0.1, -0.05) is 6.08 Å². The van der Waals surface area contributed by atoms with Gasteiger partial charge in [0, 0.05) is 17.7 Å². The first-order valence-corrected chi connectivity index (χ1v) is 6.45. The Kier molecular flexibility index (Phi) is 6.55. The zero-order chi connectivity index (χ0) is 16.5. The van der Waals surface area contributed by atoms with Crippen LogP contribution in [0.5, 0.6) is 5.75 Å². The molecule has 1 rings (SSSR count). The quantitative estimate of drug-likeness (QED) is 0.469. The third kappa shape index (κ3) is 5.23. The monoisotopic (exact) mass is 308 g/mol. The fourth-order valence-electron chi connectivity index (χ4n) is 1.60. The SMILES string of the molecule is C=CCc1cc([N+](=O)[O-])ccc1OCC(=O)NC(=O)OCC. The minimum atomic E-state index is -0.855. The molecule has 0 aliphatic carbocycles. The molecular formula is C14H16N2O6. The van der Waals surface area contributed by atoms with Crippen LogP contribution in [0.3, 0.4) is 0 Å². The van der Waals surface area contributed by atoms with Crippen molar-refractivity contribution in [2.75, 3.05) is 13.2 Å². The van der Waals surface area contributed by atoms with Crippen LogP contribution in [0.1, 0.15) is 12.5 Å². The molecule has 0 heterocycles. The van der Waals surface area contributed by atoms with E-state index < -0.39 is 23.5 Å². The second-order valence-electron chi connectivity index (χ2n) is 4.10. The molecule has 0 unspecified atom stereocenters. The van der Waals surface area contributed by atoms with Crippen molar-refractivity contribution in [3.05, 3.63) is 46.5 Å². The van der Waals surface area contributed by atoms with Crippen LogP contribution in [0.2, 0.25) is 0 Å². The second kappa shape index (κ2) is 8.40. The summed E-state index contributed by atoms with van der Waals surface area (Å²) >= 11 is 0. The van der Waals surface area contributed by atoms with Crippen LogP contribution in [0.15, 0.2) is 30.9 Å². The van der Waals surface area contributed by atoms with Gasteiger partial charge in [-0.2, -0.15) is 0 Å². The summed E-state index contributed by atoms with van der Waals surface area (Å²) in [6.07, 6.45) is 1.05. The molecule has 0 saturated carbocycles. The Hall–Kier alpha value is -2.90. The molecule has 8 heteroatoms. The predicted octanol–water partition coefficient (Wildman–Crippen LogP) is 1.97. The van der Waals surface area contributed by atoms with Crippen LogP contribution < -0.4 is 10.1 Å². The van der Waals surface area contributed by atoms with Crippen LogP contribution in [0, 0.1) is 10.1 Å². The standard InChI is InChI=1S/C14H16N2O6/c1-3-5-10-8-11(16(19)20)6-7-12(10)22-9-13(17)15-14(18)21-4-2/h3,6-8H,1,4-5,9H2,2H3,(H,15,17,18). The number of benzene rings is 1. The summed E-state index contributed by atoms with van der Waals surface area (Å²) in [5.74, 6) is -0.370. The number of amides is 2. The summed E-state index contributed by atoms with van der Waals surface area (Å²) in [7, 11) is 0. The van der Waals surface area contributed by atoms with E-state index in [0.29, 0.717) is 17.7 Å². The molecular weight excluding hydrogens is 292 g/mol. The summed E-state index contributed by atoms with van der Waals surface area (Å²) in [5, 5.41) is 12.7. The van der Waals surface area contributed by atoms with E-state index in [1.165, 1.54) is 18.2 Å². The number of non-ortho nitro benzene ring substituents is 1. The van der Waals surface area contributed by atoms with Gasteiger partial charge in [-0.05, 0) is 19.4 Å². The number of allylic oxidation sites excluding steroid dienone is 1. The molecule has 0 radical (unpaired) electrons. The first-order valence-electron chi connectivity index (χ1n) is 6.45. The van der Waals surface area contributed by atoms with Crippen LogP contribution in [-0.2, 0) is 16.0 Å². The Morgan fingerprint density at radius 3 is 2.77 bits per heavy atom. The average Bonchev–Trinajstić information content (AvgIpc) is 2.46. The number of ether oxygens (including phenoxy) is 2. The van der Waals surface area contributed by atoms with Crippen LogP contribution >= 0.6 is 0 Å². The molecule has 0 spiro atoms. The van der Waals surface area contributed by atoms with E-state index in [1.54, 1.807) is 13.0 Å². The van der Waals surface area contributed by atoms with E-state index >= 15 is 0 Å². The number of carbonyl (C=O) groups excluding carboxylic acids is 2. The lowest BCUT2D eigenvalue weighted by atomic mass is 10.1. The molecule has 1 aromatic carbocycles. The summed E-state index contributed by atoms with van der Waals surface area (Å²) in [4.78, 5) is 32.8. The molecule has 0 saturated heterocycles. The normalized spacial score (nSPS) is 9.68. The number of nitro groups is 1. The topological polar surface area (TPSA) is 108 Å². The number of nitrogens with one attached hydrogen (secondary N) is 1. The second-order valence-corrected chi connectivity index (χ2v) is 4.10. The van der Waals surface area contributed by atoms with Gasteiger partial charge in [0.05, 0.1) is 11.5 Å². The molecule has 118 valence electrons. The Morgan fingerprint density at radius 1 is 1.45 bits per heavy atom. The molecule has 1 aromatic rings. The van der Waals surface area contributed by atoms with Crippen molar-refractivity contribution >= 4 is 17.7 Å². The fraction of sp³-hybridized carbons (Fsp3) is 0.286. The third-order valence-corrected chi connectivity index (χ3v) is 2.49. The minimum absolute atomic E-state index is 0.0832. The number of alkyl carbamates (subject to hydrolysis) is 1. The van der Waals surface area contributed by atoms with Gasteiger partial charge in [-0.15, -0.1) is 6.58 Å². The lowest BCUT2D eigenvalue weighted by Crippen LogP contribution is -2.34. The van der Waals surface area contributed by atoms with Crippen LogP contribution in [-0.4, -0.2) is 30.1 Å². The number of hydrogen-bond acceptors (Lipinski definition) is 6. The van der Waals surface area contributed by atoms with Gasteiger partial charge >= 0.3 is 6.09 Å². The lowest BCUT2D eigenvalue weighted by molar-refractivity contribution is -0.384. The van der Waals surface area contributed by atoms with Gasteiger partial charge in [0.1, 0.15) is 5.75 Å². The molecule has 8 nitrogen and oxygen atoms in total. The Balaban J connectivity index is 2.72. The largest absolute Gasteiger partial charge is 0.483 e. The van der Waals surface area contributed by atoms with Crippen molar-refractivity contribution in [3.63, 3.8) is 0 Å². The van der Waals surface area contributed by atoms with Gasteiger partial charge < -0.3 is 9.47 Å². The maximum absolute atomic E-state index is 11.5. The number of nitrogens with zero attached hydrogens (tertiary/aromatic N) is 1. The highest BCUT2D eigenvalue weighted by Crippen LogP contribution is 2.24. The van der Waals surface area contributed by atoms with E-state index in [1.807, 2.05) is 5.32 Å². The van der Waals surface area contributed by atoms with Crippen molar-refractivity contribution in [1.29, 1.82) is 0 Å². The number of rotatable bonds is 7. The van der Waals surface area contributed by atoms with Crippen molar-refractivity contribution in [2.45, 2.75) is 13.3 Å². The molecule has 0 bridgehead atoms. The molecule has 22 heavy (non-hydrogen) atoms. The Bertz CT molecular complexity index is 585. The van der Waals surface area contributed by atoms with Gasteiger partial charge in [-0.25, -0.2) is 4.79 Å².